The molecule has 0 amide bonds. The van der Waals surface area contributed by atoms with E-state index < -0.39 is 10.0 Å². The van der Waals surface area contributed by atoms with Crippen LogP contribution in [0.2, 0.25) is 0 Å². The van der Waals surface area contributed by atoms with Crippen molar-refractivity contribution in [3.63, 3.8) is 0 Å². The van der Waals surface area contributed by atoms with E-state index in [0.717, 1.165) is 31.5 Å². The lowest BCUT2D eigenvalue weighted by atomic mass is 10.2. The Balaban J connectivity index is 1.58. The standard InChI is InChI=1S/C14H21N3O3S/c1-15-5-4-12(10-14(15)18)11-16-6-8-17(9-7-16)21(19,20)13-2-3-13/h4-5,10,13H,2-3,6-9,11H2,1H3. The summed E-state index contributed by atoms with van der Waals surface area (Å²) in [4.78, 5) is 13.8. The summed E-state index contributed by atoms with van der Waals surface area (Å²) in [6, 6.07) is 3.59. The third-order valence-electron chi connectivity index (χ3n) is 4.21. The van der Waals surface area contributed by atoms with Crippen LogP contribution in [0.25, 0.3) is 0 Å². The van der Waals surface area contributed by atoms with Gasteiger partial charge in [0.1, 0.15) is 0 Å². The van der Waals surface area contributed by atoms with E-state index in [0.29, 0.717) is 19.6 Å². The van der Waals surface area contributed by atoms with Gasteiger partial charge in [0.05, 0.1) is 5.25 Å². The minimum Gasteiger partial charge on any atom is -0.319 e. The molecule has 1 aromatic heterocycles. The third-order valence-corrected chi connectivity index (χ3v) is 6.61. The van der Waals surface area contributed by atoms with Crippen molar-refractivity contribution in [2.75, 3.05) is 26.2 Å². The third kappa shape index (κ3) is 3.20. The Morgan fingerprint density at radius 3 is 2.43 bits per heavy atom. The second kappa shape index (κ2) is 5.55. The second-order valence-corrected chi connectivity index (χ2v) is 8.12. The topological polar surface area (TPSA) is 62.6 Å². The minimum absolute atomic E-state index is 0.0116. The summed E-state index contributed by atoms with van der Waals surface area (Å²) in [5, 5.41) is -0.124. The number of aryl methyl sites for hydroxylation is 1. The summed E-state index contributed by atoms with van der Waals surface area (Å²) in [6.07, 6.45) is 3.40. The summed E-state index contributed by atoms with van der Waals surface area (Å²) < 4.78 is 27.5. The molecule has 0 atom stereocenters. The van der Waals surface area contributed by atoms with Gasteiger partial charge in [-0.05, 0) is 24.5 Å². The van der Waals surface area contributed by atoms with Gasteiger partial charge in [-0.15, -0.1) is 0 Å². The quantitative estimate of drug-likeness (QED) is 0.785. The summed E-state index contributed by atoms with van der Waals surface area (Å²) in [6.45, 7) is 3.27. The van der Waals surface area contributed by atoms with Crippen molar-refractivity contribution < 1.29 is 8.42 Å². The summed E-state index contributed by atoms with van der Waals surface area (Å²) in [7, 11) is -1.31. The molecular formula is C14H21N3O3S. The number of hydrogen-bond acceptors (Lipinski definition) is 4. The van der Waals surface area contributed by atoms with E-state index in [1.807, 2.05) is 6.07 Å². The molecule has 1 saturated carbocycles. The van der Waals surface area contributed by atoms with Crippen molar-refractivity contribution in [2.45, 2.75) is 24.6 Å². The zero-order valence-corrected chi connectivity index (χ0v) is 13.1. The first-order valence-corrected chi connectivity index (χ1v) is 8.84. The average Bonchev–Trinajstić information content (AvgIpc) is 3.28. The Labute approximate surface area is 125 Å². The van der Waals surface area contributed by atoms with Crippen LogP contribution in [-0.2, 0) is 23.6 Å². The van der Waals surface area contributed by atoms with Gasteiger partial charge in [0.25, 0.3) is 5.56 Å². The predicted octanol–water partition coefficient (Wildman–Crippen LogP) is -0.00490. The van der Waals surface area contributed by atoms with Crippen molar-refractivity contribution in [3.05, 3.63) is 34.2 Å². The molecule has 2 heterocycles. The van der Waals surface area contributed by atoms with Crippen LogP contribution in [0.5, 0.6) is 0 Å². The van der Waals surface area contributed by atoms with Crippen molar-refractivity contribution in [1.82, 2.24) is 13.8 Å². The Kier molecular flexibility index (Phi) is 3.90. The molecule has 21 heavy (non-hydrogen) atoms. The van der Waals surface area contributed by atoms with Crippen molar-refractivity contribution in [1.29, 1.82) is 0 Å². The fourth-order valence-electron chi connectivity index (χ4n) is 2.66. The fraction of sp³-hybridized carbons (Fsp3) is 0.643. The Morgan fingerprint density at radius 2 is 1.86 bits per heavy atom. The Morgan fingerprint density at radius 1 is 1.19 bits per heavy atom. The van der Waals surface area contributed by atoms with Crippen LogP contribution >= 0.6 is 0 Å². The first-order chi connectivity index (χ1) is 9.96. The predicted molar refractivity (Wildman–Crippen MR) is 80.5 cm³/mol. The first kappa shape index (κ1) is 14.7. The smallest absolute Gasteiger partial charge is 0.250 e. The summed E-state index contributed by atoms with van der Waals surface area (Å²) in [5.74, 6) is 0. The number of piperazine rings is 1. The number of pyridine rings is 1. The SMILES string of the molecule is Cn1ccc(CN2CCN(S(=O)(=O)C3CC3)CC2)cc1=O. The molecule has 3 rings (SSSR count). The molecule has 0 unspecified atom stereocenters. The van der Waals surface area contributed by atoms with Crippen LogP contribution in [0.15, 0.2) is 23.1 Å². The van der Waals surface area contributed by atoms with Gasteiger partial charge in [0.15, 0.2) is 0 Å². The molecule has 1 aliphatic heterocycles. The van der Waals surface area contributed by atoms with E-state index in [1.165, 1.54) is 0 Å². The van der Waals surface area contributed by atoms with Gasteiger partial charge < -0.3 is 4.57 Å². The van der Waals surface area contributed by atoms with Crippen molar-refractivity contribution >= 4 is 10.0 Å². The molecular weight excluding hydrogens is 290 g/mol. The van der Waals surface area contributed by atoms with Crippen LogP contribution < -0.4 is 5.56 Å². The van der Waals surface area contributed by atoms with E-state index in [9.17, 15) is 13.2 Å². The highest BCUT2D eigenvalue weighted by atomic mass is 32.2. The van der Waals surface area contributed by atoms with Crippen LogP contribution in [-0.4, -0.2) is 53.6 Å². The number of sulfonamides is 1. The summed E-state index contributed by atoms with van der Waals surface area (Å²) >= 11 is 0. The monoisotopic (exact) mass is 311 g/mol. The zero-order valence-electron chi connectivity index (χ0n) is 12.2. The molecule has 1 saturated heterocycles. The lowest BCUT2D eigenvalue weighted by Gasteiger charge is -2.34. The molecule has 2 aliphatic rings. The molecule has 1 aliphatic carbocycles. The van der Waals surface area contributed by atoms with Crippen molar-refractivity contribution in [3.8, 4) is 0 Å². The van der Waals surface area contributed by atoms with Crippen LogP contribution in [0, 0.1) is 0 Å². The largest absolute Gasteiger partial charge is 0.319 e. The maximum Gasteiger partial charge on any atom is 0.250 e. The normalized spacial score (nSPS) is 21.6. The van der Waals surface area contributed by atoms with Gasteiger partial charge >= 0.3 is 0 Å². The highest BCUT2D eigenvalue weighted by Gasteiger charge is 2.40. The fourth-order valence-corrected chi connectivity index (χ4v) is 4.49. The number of rotatable bonds is 4. The molecule has 0 radical (unpaired) electrons. The van der Waals surface area contributed by atoms with E-state index in [2.05, 4.69) is 4.90 Å². The summed E-state index contributed by atoms with van der Waals surface area (Å²) in [5.41, 5.74) is 0.971. The lowest BCUT2D eigenvalue weighted by molar-refractivity contribution is 0.181. The lowest BCUT2D eigenvalue weighted by Crippen LogP contribution is -2.49. The number of nitrogens with zero attached hydrogens (tertiary/aromatic N) is 3. The van der Waals surface area contributed by atoms with Crippen molar-refractivity contribution in [2.24, 2.45) is 7.05 Å². The zero-order chi connectivity index (χ0) is 15.0. The van der Waals surface area contributed by atoms with Gasteiger partial charge in [-0.25, -0.2) is 8.42 Å². The molecule has 0 bridgehead atoms. The van der Waals surface area contributed by atoms with Gasteiger partial charge in [-0.3, -0.25) is 9.69 Å². The van der Waals surface area contributed by atoms with E-state index in [4.69, 9.17) is 0 Å². The minimum atomic E-state index is -3.04. The van der Waals surface area contributed by atoms with Gasteiger partial charge in [-0.1, -0.05) is 0 Å². The van der Waals surface area contributed by atoms with Gasteiger partial charge in [0, 0.05) is 52.0 Å². The highest BCUT2D eigenvalue weighted by Crippen LogP contribution is 2.31. The van der Waals surface area contributed by atoms with Crippen LogP contribution in [0.3, 0.4) is 0 Å². The molecule has 7 heteroatoms. The highest BCUT2D eigenvalue weighted by molar-refractivity contribution is 7.90. The maximum atomic E-state index is 12.2. The molecule has 1 aromatic rings. The average molecular weight is 311 g/mol. The Bertz CT molecular complexity index is 671. The molecule has 0 N–H and O–H groups in total. The first-order valence-electron chi connectivity index (χ1n) is 7.34. The molecule has 116 valence electrons. The van der Waals surface area contributed by atoms with Crippen LogP contribution in [0.1, 0.15) is 18.4 Å². The molecule has 0 aromatic carbocycles. The molecule has 6 nitrogen and oxygen atoms in total. The maximum absolute atomic E-state index is 12.2. The van der Waals surface area contributed by atoms with Gasteiger partial charge in [-0.2, -0.15) is 4.31 Å². The number of hydrogen-bond donors (Lipinski definition) is 0. The van der Waals surface area contributed by atoms with E-state index in [-0.39, 0.29) is 10.8 Å². The van der Waals surface area contributed by atoms with Crippen LogP contribution in [0.4, 0.5) is 0 Å². The van der Waals surface area contributed by atoms with Gasteiger partial charge in [0.2, 0.25) is 10.0 Å². The molecule has 2 fully saturated rings. The number of aromatic nitrogens is 1. The second-order valence-electron chi connectivity index (χ2n) is 5.90. The van der Waals surface area contributed by atoms with E-state index in [1.54, 1.807) is 28.2 Å². The van der Waals surface area contributed by atoms with E-state index >= 15 is 0 Å². The molecule has 0 spiro atoms. The Hall–Kier alpha value is -1.18.